The van der Waals surface area contributed by atoms with Gasteiger partial charge in [0, 0.05) is 45.8 Å². The first kappa shape index (κ1) is 22.2. The molecule has 0 bridgehead atoms. The monoisotopic (exact) mass is 449 g/mol. The predicted molar refractivity (Wildman–Crippen MR) is 115 cm³/mol. The van der Waals surface area contributed by atoms with Crippen molar-refractivity contribution < 1.29 is 22.7 Å². The Morgan fingerprint density at radius 2 is 1.71 bits per heavy atom. The van der Waals surface area contributed by atoms with Crippen molar-refractivity contribution in [2.45, 2.75) is 55.9 Å². The van der Waals surface area contributed by atoms with Crippen LogP contribution in [0, 0.1) is 0 Å². The van der Waals surface area contributed by atoms with Crippen molar-refractivity contribution >= 4 is 21.8 Å². The maximum Gasteiger partial charge on any atom is 0.251 e. The quantitative estimate of drug-likeness (QED) is 0.701. The molecule has 1 aromatic rings. The summed E-state index contributed by atoms with van der Waals surface area (Å²) < 4.78 is 33.3. The van der Waals surface area contributed by atoms with Crippen LogP contribution in [0.25, 0.3) is 0 Å². The minimum absolute atomic E-state index is 0.0161. The smallest absolute Gasteiger partial charge is 0.251 e. The minimum atomic E-state index is -3.64. The first-order chi connectivity index (χ1) is 14.9. The maximum absolute atomic E-state index is 12.6. The van der Waals surface area contributed by atoms with E-state index in [9.17, 15) is 18.0 Å². The molecular weight excluding hydrogens is 418 g/mol. The molecule has 4 rings (SSSR count). The van der Waals surface area contributed by atoms with Crippen molar-refractivity contribution in [3.63, 3.8) is 0 Å². The number of carbonyl (C=O) groups excluding carboxylic acids is 2. The van der Waals surface area contributed by atoms with Crippen LogP contribution in [0.2, 0.25) is 0 Å². The summed E-state index contributed by atoms with van der Waals surface area (Å²) in [6.45, 7) is 2.61. The molecule has 3 aliphatic rings. The van der Waals surface area contributed by atoms with Gasteiger partial charge in [-0.05, 0) is 61.8 Å². The zero-order valence-electron chi connectivity index (χ0n) is 17.8. The standard InChI is InChI=1S/C22H31N3O5S/c26-21(24-11-13-25(14-12-24)22(27)20-6-3-15-30-20)9-10-23-31(28,29)19-8-7-17-4-1-2-5-18(17)16-19/h7-8,16,20,23H,1-6,9-15H2. The van der Waals surface area contributed by atoms with E-state index in [1.165, 1.54) is 5.56 Å². The van der Waals surface area contributed by atoms with Crippen LogP contribution in [0.4, 0.5) is 0 Å². The van der Waals surface area contributed by atoms with Crippen LogP contribution < -0.4 is 4.72 Å². The van der Waals surface area contributed by atoms with Gasteiger partial charge in [-0.3, -0.25) is 9.59 Å². The lowest BCUT2D eigenvalue weighted by molar-refractivity contribution is -0.145. The molecule has 1 aliphatic carbocycles. The van der Waals surface area contributed by atoms with E-state index in [4.69, 9.17) is 4.74 Å². The third kappa shape index (κ3) is 5.27. The van der Waals surface area contributed by atoms with E-state index in [2.05, 4.69) is 4.72 Å². The number of carbonyl (C=O) groups is 2. The number of hydrogen-bond acceptors (Lipinski definition) is 5. The van der Waals surface area contributed by atoms with Crippen LogP contribution in [-0.2, 0) is 37.2 Å². The van der Waals surface area contributed by atoms with E-state index >= 15 is 0 Å². The number of fused-ring (bicyclic) bond motifs is 1. The lowest BCUT2D eigenvalue weighted by Crippen LogP contribution is -2.53. The van der Waals surface area contributed by atoms with Crippen molar-refractivity contribution in [2.75, 3.05) is 39.3 Å². The molecule has 1 unspecified atom stereocenters. The van der Waals surface area contributed by atoms with Gasteiger partial charge in [-0.1, -0.05) is 6.07 Å². The summed E-state index contributed by atoms with van der Waals surface area (Å²) in [4.78, 5) is 28.6. The third-order valence-electron chi connectivity index (χ3n) is 6.41. The molecule has 0 spiro atoms. The first-order valence-corrected chi connectivity index (χ1v) is 12.7. The maximum atomic E-state index is 12.6. The Hall–Kier alpha value is -1.97. The number of amides is 2. The number of nitrogens with zero attached hydrogens (tertiary/aromatic N) is 2. The van der Waals surface area contributed by atoms with Gasteiger partial charge in [0.15, 0.2) is 0 Å². The number of hydrogen-bond donors (Lipinski definition) is 1. The van der Waals surface area contributed by atoms with Crippen LogP contribution in [-0.4, -0.2) is 75.5 Å². The lowest BCUT2D eigenvalue weighted by atomic mass is 9.92. The Balaban J connectivity index is 1.23. The molecule has 1 aromatic carbocycles. The van der Waals surface area contributed by atoms with Crippen LogP contribution in [0.5, 0.6) is 0 Å². The highest BCUT2D eigenvalue weighted by Gasteiger charge is 2.31. The predicted octanol–water partition coefficient (Wildman–Crippen LogP) is 1.08. The Morgan fingerprint density at radius 3 is 2.42 bits per heavy atom. The van der Waals surface area contributed by atoms with Crippen molar-refractivity contribution in [3.8, 4) is 0 Å². The Labute approximate surface area is 184 Å². The molecule has 8 nitrogen and oxygen atoms in total. The SMILES string of the molecule is O=C(CCNS(=O)(=O)c1ccc2c(c1)CCCC2)N1CCN(C(=O)C2CCCO2)CC1. The van der Waals surface area contributed by atoms with Crippen molar-refractivity contribution in [2.24, 2.45) is 0 Å². The number of piperazine rings is 1. The van der Waals surface area contributed by atoms with E-state index in [1.54, 1.807) is 21.9 Å². The van der Waals surface area contributed by atoms with E-state index in [0.717, 1.165) is 44.1 Å². The molecule has 2 heterocycles. The van der Waals surface area contributed by atoms with Gasteiger partial charge in [-0.25, -0.2) is 13.1 Å². The molecule has 2 saturated heterocycles. The van der Waals surface area contributed by atoms with Crippen molar-refractivity contribution in [3.05, 3.63) is 29.3 Å². The van der Waals surface area contributed by atoms with E-state index in [0.29, 0.717) is 32.8 Å². The summed E-state index contributed by atoms with van der Waals surface area (Å²) in [6.07, 6.45) is 5.60. The zero-order chi connectivity index (χ0) is 21.8. The number of nitrogens with one attached hydrogen (secondary N) is 1. The molecule has 2 fully saturated rings. The lowest BCUT2D eigenvalue weighted by Gasteiger charge is -2.35. The second-order valence-electron chi connectivity index (χ2n) is 8.49. The van der Waals surface area contributed by atoms with Gasteiger partial charge in [0.2, 0.25) is 15.9 Å². The number of rotatable bonds is 6. The fourth-order valence-corrected chi connectivity index (χ4v) is 5.65. The number of benzene rings is 1. The molecule has 170 valence electrons. The largest absolute Gasteiger partial charge is 0.368 e. The van der Waals surface area contributed by atoms with E-state index in [1.807, 2.05) is 6.07 Å². The van der Waals surface area contributed by atoms with Gasteiger partial charge < -0.3 is 14.5 Å². The highest BCUT2D eigenvalue weighted by atomic mass is 32.2. The third-order valence-corrected chi connectivity index (χ3v) is 7.87. The molecule has 0 saturated carbocycles. The number of aryl methyl sites for hydroxylation is 2. The number of ether oxygens (including phenoxy) is 1. The molecule has 2 aliphatic heterocycles. The van der Waals surface area contributed by atoms with Crippen LogP contribution in [0.1, 0.15) is 43.2 Å². The van der Waals surface area contributed by atoms with Crippen LogP contribution in [0.15, 0.2) is 23.1 Å². The highest BCUT2D eigenvalue weighted by molar-refractivity contribution is 7.89. The topological polar surface area (TPSA) is 96.0 Å². The summed E-state index contributed by atoms with van der Waals surface area (Å²) in [6, 6.07) is 5.33. The first-order valence-electron chi connectivity index (χ1n) is 11.2. The fourth-order valence-electron chi connectivity index (χ4n) is 4.56. The molecule has 31 heavy (non-hydrogen) atoms. The molecular formula is C22H31N3O5S. The molecule has 1 N–H and O–H groups in total. The van der Waals surface area contributed by atoms with Crippen LogP contribution in [0.3, 0.4) is 0 Å². The average molecular weight is 450 g/mol. The summed E-state index contributed by atoms with van der Waals surface area (Å²) in [7, 11) is -3.64. The average Bonchev–Trinajstić information content (AvgIpc) is 3.33. The minimum Gasteiger partial charge on any atom is -0.368 e. The van der Waals surface area contributed by atoms with Crippen LogP contribution >= 0.6 is 0 Å². The van der Waals surface area contributed by atoms with Crippen molar-refractivity contribution in [1.82, 2.24) is 14.5 Å². The molecule has 1 atom stereocenters. The van der Waals surface area contributed by atoms with E-state index < -0.39 is 10.0 Å². The zero-order valence-corrected chi connectivity index (χ0v) is 18.7. The van der Waals surface area contributed by atoms with Gasteiger partial charge >= 0.3 is 0 Å². The van der Waals surface area contributed by atoms with Gasteiger partial charge in [0.25, 0.3) is 5.91 Å². The Kier molecular flexibility index (Phi) is 6.93. The molecule has 2 amide bonds. The summed E-state index contributed by atoms with van der Waals surface area (Å²) in [5.74, 6) is -0.0836. The van der Waals surface area contributed by atoms with Gasteiger partial charge in [0.05, 0.1) is 4.90 Å². The second kappa shape index (κ2) is 9.67. The fraction of sp³-hybridized carbons (Fsp3) is 0.636. The normalized spacial score (nSPS) is 21.7. The molecule has 0 radical (unpaired) electrons. The van der Waals surface area contributed by atoms with Gasteiger partial charge in [-0.15, -0.1) is 0 Å². The summed E-state index contributed by atoms with van der Waals surface area (Å²) in [5.41, 5.74) is 2.35. The molecule has 0 aromatic heterocycles. The second-order valence-corrected chi connectivity index (χ2v) is 10.3. The Bertz CT molecular complexity index is 919. The summed E-state index contributed by atoms with van der Waals surface area (Å²) >= 11 is 0. The van der Waals surface area contributed by atoms with Crippen molar-refractivity contribution in [1.29, 1.82) is 0 Å². The number of sulfonamides is 1. The Morgan fingerprint density at radius 1 is 1.00 bits per heavy atom. The van der Waals surface area contributed by atoms with Gasteiger partial charge in [-0.2, -0.15) is 0 Å². The molecule has 9 heteroatoms. The highest BCUT2D eigenvalue weighted by Crippen LogP contribution is 2.24. The summed E-state index contributed by atoms with van der Waals surface area (Å²) in [5, 5.41) is 0. The van der Waals surface area contributed by atoms with Gasteiger partial charge in [0.1, 0.15) is 6.10 Å². The van der Waals surface area contributed by atoms with E-state index in [-0.39, 0.29) is 35.8 Å².